The monoisotopic (exact) mass is 736 g/mol. The molecule has 0 heterocycles. The number of carbonyl (C=O) groups excluding carboxylic acids is 2. The molecular formula is C16H6Br6O4. The minimum atomic E-state index is -0.723. The van der Waals surface area contributed by atoms with E-state index < -0.39 is 11.9 Å². The Labute approximate surface area is 199 Å². The number of halogens is 6. The molecule has 0 aliphatic heterocycles. The van der Waals surface area contributed by atoms with Gasteiger partial charge in [-0.05, 0) is 88.0 Å². The first kappa shape index (κ1) is 22.3. The van der Waals surface area contributed by atoms with E-state index in [9.17, 15) is 9.59 Å². The molecule has 0 N–H and O–H groups in total. The van der Waals surface area contributed by atoms with Gasteiger partial charge in [-0.3, -0.25) is 0 Å². The van der Waals surface area contributed by atoms with E-state index in [1.165, 1.54) is 0 Å². The summed E-state index contributed by atoms with van der Waals surface area (Å²) in [5, 5.41) is 0. The molecule has 0 aromatic heterocycles. The van der Waals surface area contributed by atoms with Crippen molar-refractivity contribution in [3.8, 4) is 11.5 Å². The lowest BCUT2D eigenvalue weighted by molar-refractivity contribution is -0.131. The topological polar surface area (TPSA) is 52.6 Å². The van der Waals surface area contributed by atoms with Crippen LogP contribution in [0.25, 0.3) is 0 Å². The Bertz CT molecular complexity index is 790. The molecule has 0 bridgehead atoms. The number of hydrogen-bond donors (Lipinski definition) is 0. The first-order valence-electron chi connectivity index (χ1n) is 6.58. The molecule has 0 saturated heterocycles. The van der Waals surface area contributed by atoms with Crippen LogP contribution in [0.3, 0.4) is 0 Å². The van der Waals surface area contributed by atoms with Crippen LogP contribution in [0, 0.1) is 0 Å². The molecule has 0 aliphatic rings. The fourth-order valence-corrected chi connectivity index (χ4v) is 6.50. The summed E-state index contributed by atoms with van der Waals surface area (Å²) >= 11 is 19.9. The zero-order valence-corrected chi connectivity index (χ0v) is 21.9. The van der Waals surface area contributed by atoms with Crippen LogP contribution in [0.15, 0.2) is 63.3 Å². The standard InChI is InChI=1S/C16H6Br6O4/c17-7-3-9(19)15(10(20)4-7)25-13(23)1-2-14(24)26-16-11(21)5-8(18)6-12(16)22/h1-6H/b2-1-. The molecule has 0 spiro atoms. The highest BCUT2D eigenvalue weighted by Gasteiger charge is 2.14. The van der Waals surface area contributed by atoms with E-state index in [1.807, 2.05) is 0 Å². The SMILES string of the molecule is O=C(/C=C\C(=O)Oc1c(Br)cc(Br)cc1Br)Oc1c(Br)cc(Br)cc1Br. The quantitative estimate of drug-likeness (QED) is 0.187. The van der Waals surface area contributed by atoms with E-state index in [0.717, 1.165) is 21.1 Å². The van der Waals surface area contributed by atoms with E-state index in [1.54, 1.807) is 24.3 Å². The van der Waals surface area contributed by atoms with Gasteiger partial charge < -0.3 is 9.47 Å². The maximum Gasteiger partial charge on any atom is 0.336 e. The molecule has 0 aliphatic carbocycles. The second-order valence-corrected chi connectivity index (χ2v) is 9.82. The highest BCUT2D eigenvalue weighted by Crippen LogP contribution is 2.37. The van der Waals surface area contributed by atoms with Crippen molar-refractivity contribution in [1.82, 2.24) is 0 Å². The van der Waals surface area contributed by atoms with E-state index >= 15 is 0 Å². The van der Waals surface area contributed by atoms with Crippen molar-refractivity contribution in [2.45, 2.75) is 0 Å². The van der Waals surface area contributed by atoms with Crippen molar-refractivity contribution in [2.75, 3.05) is 0 Å². The Morgan fingerprint density at radius 1 is 0.615 bits per heavy atom. The van der Waals surface area contributed by atoms with Crippen molar-refractivity contribution >= 4 is 108 Å². The molecule has 136 valence electrons. The maximum atomic E-state index is 11.9. The molecule has 0 atom stereocenters. The molecule has 4 nitrogen and oxygen atoms in total. The first-order valence-corrected chi connectivity index (χ1v) is 11.3. The molecule has 26 heavy (non-hydrogen) atoms. The summed E-state index contributed by atoms with van der Waals surface area (Å²) in [6, 6.07) is 6.92. The van der Waals surface area contributed by atoms with Crippen LogP contribution in [0.4, 0.5) is 0 Å². The van der Waals surface area contributed by atoms with Crippen LogP contribution < -0.4 is 9.47 Å². The second kappa shape index (κ2) is 9.97. The number of esters is 2. The molecule has 0 radical (unpaired) electrons. The van der Waals surface area contributed by atoms with Gasteiger partial charge in [0.2, 0.25) is 0 Å². The predicted octanol–water partition coefficient (Wildman–Crippen LogP) is 7.33. The number of ether oxygens (including phenoxy) is 2. The third kappa shape index (κ3) is 6.27. The van der Waals surface area contributed by atoms with Crippen LogP contribution in [0.2, 0.25) is 0 Å². The Morgan fingerprint density at radius 2 is 0.885 bits per heavy atom. The van der Waals surface area contributed by atoms with Crippen LogP contribution in [0.5, 0.6) is 11.5 Å². The summed E-state index contributed by atoms with van der Waals surface area (Å²) in [7, 11) is 0. The molecule has 0 saturated carbocycles. The number of benzene rings is 2. The maximum absolute atomic E-state index is 11.9. The van der Waals surface area contributed by atoms with Gasteiger partial charge in [-0.2, -0.15) is 0 Å². The molecule has 2 aromatic rings. The lowest BCUT2D eigenvalue weighted by atomic mass is 10.3. The molecule has 0 amide bonds. The first-order chi connectivity index (χ1) is 12.2. The largest absolute Gasteiger partial charge is 0.421 e. The van der Waals surface area contributed by atoms with Gasteiger partial charge in [-0.25, -0.2) is 9.59 Å². The third-order valence-corrected chi connectivity index (χ3v) is 5.96. The summed E-state index contributed by atoms with van der Waals surface area (Å²) in [5.74, 6) is -0.844. The van der Waals surface area contributed by atoms with Crippen LogP contribution >= 0.6 is 95.6 Å². The summed E-state index contributed by atoms with van der Waals surface area (Å²) in [4.78, 5) is 23.9. The molecular weight excluding hydrogens is 736 g/mol. The van der Waals surface area contributed by atoms with Crippen LogP contribution in [-0.4, -0.2) is 11.9 Å². The molecule has 0 fully saturated rings. The van der Waals surface area contributed by atoms with E-state index in [2.05, 4.69) is 95.6 Å². The molecule has 0 unspecified atom stereocenters. The average molecular weight is 742 g/mol. The highest BCUT2D eigenvalue weighted by molar-refractivity contribution is 9.12. The van der Waals surface area contributed by atoms with E-state index in [4.69, 9.17) is 9.47 Å². The smallest absolute Gasteiger partial charge is 0.336 e. The van der Waals surface area contributed by atoms with Gasteiger partial charge in [-0.1, -0.05) is 31.9 Å². The summed E-state index contributed by atoms with van der Waals surface area (Å²) in [6.45, 7) is 0. The number of rotatable bonds is 4. The van der Waals surface area contributed by atoms with Gasteiger partial charge in [0.05, 0.1) is 17.9 Å². The van der Waals surface area contributed by atoms with Crippen molar-refractivity contribution in [3.63, 3.8) is 0 Å². The minimum Gasteiger partial charge on any atom is -0.421 e. The van der Waals surface area contributed by atoms with E-state index in [-0.39, 0.29) is 0 Å². The summed E-state index contributed by atoms with van der Waals surface area (Å²) in [6.07, 6.45) is 1.98. The fourth-order valence-electron chi connectivity index (χ4n) is 1.66. The van der Waals surface area contributed by atoms with Crippen LogP contribution in [-0.2, 0) is 9.59 Å². The van der Waals surface area contributed by atoms with Gasteiger partial charge >= 0.3 is 11.9 Å². The Morgan fingerprint density at radius 3 is 1.15 bits per heavy atom. The Hall–Kier alpha value is 0.000000000000000222. The zero-order valence-electron chi connectivity index (χ0n) is 12.4. The Kier molecular flexibility index (Phi) is 8.55. The lowest BCUT2D eigenvalue weighted by Gasteiger charge is -2.08. The van der Waals surface area contributed by atoms with Crippen molar-refractivity contribution < 1.29 is 19.1 Å². The fraction of sp³-hybridized carbons (Fsp3) is 0. The zero-order chi connectivity index (χ0) is 19.4. The van der Waals surface area contributed by atoms with Gasteiger partial charge in [-0.15, -0.1) is 0 Å². The summed E-state index contributed by atoms with van der Waals surface area (Å²) in [5.41, 5.74) is 0. The Balaban J connectivity index is 2.06. The molecule has 10 heteroatoms. The second-order valence-electron chi connectivity index (χ2n) is 4.57. The number of carbonyl (C=O) groups is 2. The lowest BCUT2D eigenvalue weighted by Crippen LogP contribution is -2.09. The van der Waals surface area contributed by atoms with Crippen molar-refractivity contribution in [2.24, 2.45) is 0 Å². The minimum absolute atomic E-state index is 0.301. The predicted molar refractivity (Wildman–Crippen MR) is 119 cm³/mol. The van der Waals surface area contributed by atoms with Gasteiger partial charge in [0.1, 0.15) is 0 Å². The molecule has 2 rings (SSSR count). The normalized spacial score (nSPS) is 10.8. The van der Waals surface area contributed by atoms with Gasteiger partial charge in [0.15, 0.2) is 11.5 Å². The van der Waals surface area contributed by atoms with Gasteiger partial charge in [0, 0.05) is 21.1 Å². The molecule has 2 aromatic carbocycles. The number of hydrogen-bond acceptors (Lipinski definition) is 4. The van der Waals surface area contributed by atoms with Gasteiger partial charge in [0.25, 0.3) is 0 Å². The third-order valence-electron chi connectivity index (χ3n) is 2.69. The summed E-state index contributed by atoms with van der Waals surface area (Å²) < 4.78 is 14.4. The van der Waals surface area contributed by atoms with Crippen molar-refractivity contribution in [1.29, 1.82) is 0 Å². The van der Waals surface area contributed by atoms with Crippen molar-refractivity contribution in [3.05, 3.63) is 63.3 Å². The highest BCUT2D eigenvalue weighted by atomic mass is 79.9. The average Bonchev–Trinajstić information content (AvgIpc) is 2.52. The van der Waals surface area contributed by atoms with E-state index in [0.29, 0.717) is 29.4 Å². The van der Waals surface area contributed by atoms with Crippen LogP contribution in [0.1, 0.15) is 0 Å².